The molecule has 0 aliphatic carbocycles. The Morgan fingerprint density at radius 1 is 1.35 bits per heavy atom. The maximum atomic E-state index is 11.9. The number of aromatic nitrogens is 3. The van der Waals surface area contributed by atoms with E-state index in [1.54, 1.807) is 20.2 Å². The Balaban J connectivity index is 1.65. The number of ether oxygens (including phenoxy) is 2. The highest BCUT2D eigenvalue weighted by Gasteiger charge is 2.21. The molecule has 1 saturated heterocycles. The molecule has 3 aromatic rings. The zero-order valence-electron chi connectivity index (χ0n) is 19.7. The third-order valence-corrected chi connectivity index (χ3v) is 6.40. The second-order valence-electron chi connectivity index (χ2n) is 8.88. The van der Waals surface area contributed by atoms with Gasteiger partial charge in [-0.1, -0.05) is 6.07 Å². The standard InChI is InChI=1S/C25H32N4O5/c1-16-11-19(14-27-24(16)30)23-28-21-12-18(13-26-20(25(31)32)7-8-33-2)3-4-22(21)29(23)15-17-5-9-34-10-6-17/h3-4,11-12,14,17,20,26H,5-10,13,15H2,1-2H3,(H,27,30)(H,31,32)/t20-/m0/s1. The van der Waals surface area contributed by atoms with E-state index < -0.39 is 12.0 Å². The van der Waals surface area contributed by atoms with Gasteiger partial charge in [0.05, 0.1) is 11.0 Å². The van der Waals surface area contributed by atoms with Crippen molar-refractivity contribution in [3.05, 3.63) is 51.9 Å². The topological polar surface area (TPSA) is 118 Å². The lowest BCUT2D eigenvalue weighted by Crippen LogP contribution is -2.37. The van der Waals surface area contributed by atoms with E-state index >= 15 is 0 Å². The van der Waals surface area contributed by atoms with Crippen molar-refractivity contribution in [2.45, 2.75) is 45.3 Å². The fourth-order valence-corrected chi connectivity index (χ4v) is 4.39. The van der Waals surface area contributed by atoms with E-state index in [0.29, 0.717) is 31.1 Å². The molecule has 4 rings (SSSR count). The van der Waals surface area contributed by atoms with Gasteiger partial charge in [0.1, 0.15) is 11.9 Å². The molecule has 3 heterocycles. The van der Waals surface area contributed by atoms with Gasteiger partial charge in [-0.2, -0.15) is 0 Å². The number of fused-ring (bicyclic) bond motifs is 1. The summed E-state index contributed by atoms with van der Waals surface area (Å²) < 4.78 is 12.8. The number of carboxylic acid groups (broad SMARTS) is 1. The number of hydrogen-bond acceptors (Lipinski definition) is 6. The first-order valence-electron chi connectivity index (χ1n) is 11.7. The van der Waals surface area contributed by atoms with E-state index in [1.807, 2.05) is 24.3 Å². The van der Waals surface area contributed by atoms with Gasteiger partial charge in [-0.05, 0) is 55.9 Å². The van der Waals surface area contributed by atoms with Crippen molar-refractivity contribution in [3.8, 4) is 11.4 Å². The van der Waals surface area contributed by atoms with Crippen LogP contribution in [0, 0.1) is 12.8 Å². The van der Waals surface area contributed by atoms with Crippen LogP contribution in [0.25, 0.3) is 22.4 Å². The van der Waals surface area contributed by atoms with E-state index in [2.05, 4.69) is 14.9 Å². The summed E-state index contributed by atoms with van der Waals surface area (Å²) in [7, 11) is 1.56. The molecule has 1 atom stereocenters. The number of hydrogen-bond donors (Lipinski definition) is 3. The third kappa shape index (κ3) is 5.55. The Morgan fingerprint density at radius 2 is 2.15 bits per heavy atom. The number of pyridine rings is 1. The number of nitrogens with one attached hydrogen (secondary N) is 2. The number of aryl methyl sites for hydroxylation is 1. The van der Waals surface area contributed by atoms with Gasteiger partial charge in [-0.15, -0.1) is 0 Å². The smallest absolute Gasteiger partial charge is 0.320 e. The number of aromatic amines is 1. The fraction of sp³-hybridized carbons (Fsp3) is 0.480. The van der Waals surface area contributed by atoms with Crippen LogP contribution in [-0.2, 0) is 27.4 Å². The average Bonchev–Trinajstić information content (AvgIpc) is 3.18. The summed E-state index contributed by atoms with van der Waals surface area (Å²) in [5, 5.41) is 12.5. The molecule has 1 aromatic carbocycles. The lowest BCUT2D eigenvalue weighted by atomic mass is 10.00. The van der Waals surface area contributed by atoms with E-state index in [9.17, 15) is 14.7 Å². The van der Waals surface area contributed by atoms with Gasteiger partial charge in [-0.3, -0.25) is 9.59 Å². The summed E-state index contributed by atoms with van der Waals surface area (Å²) in [6, 6.07) is 7.25. The molecular formula is C25H32N4O5. The van der Waals surface area contributed by atoms with E-state index in [-0.39, 0.29) is 5.56 Å². The summed E-state index contributed by atoms with van der Waals surface area (Å²) >= 11 is 0. The van der Waals surface area contributed by atoms with Crippen molar-refractivity contribution in [2.75, 3.05) is 26.9 Å². The maximum absolute atomic E-state index is 11.9. The molecule has 0 unspecified atom stereocenters. The third-order valence-electron chi connectivity index (χ3n) is 6.40. The first kappa shape index (κ1) is 24.1. The number of carbonyl (C=O) groups is 1. The monoisotopic (exact) mass is 468 g/mol. The number of imidazole rings is 1. The molecule has 9 heteroatoms. The normalized spacial score (nSPS) is 15.6. The summed E-state index contributed by atoms with van der Waals surface area (Å²) in [5.74, 6) is 0.413. The van der Waals surface area contributed by atoms with Gasteiger partial charge >= 0.3 is 5.97 Å². The van der Waals surface area contributed by atoms with Crippen LogP contribution in [0.2, 0.25) is 0 Å². The second kappa shape index (κ2) is 10.9. The maximum Gasteiger partial charge on any atom is 0.320 e. The van der Waals surface area contributed by atoms with Crippen LogP contribution < -0.4 is 10.9 Å². The highest BCUT2D eigenvalue weighted by Crippen LogP contribution is 2.28. The number of H-pyrrole nitrogens is 1. The number of aliphatic carboxylic acids is 1. The molecule has 0 spiro atoms. The van der Waals surface area contributed by atoms with Crippen LogP contribution in [0.5, 0.6) is 0 Å². The van der Waals surface area contributed by atoms with Crippen LogP contribution in [0.3, 0.4) is 0 Å². The van der Waals surface area contributed by atoms with Crippen LogP contribution in [0.1, 0.15) is 30.4 Å². The van der Waals surface area contributed by atoms with E-state index in [0.717, 1.165) is 60.6 Å². The van der Waals surface area contributed by atoms with Crippen molar-refractivity contribution in [2.24, 2.45) is 5.92 Å². The van der Waals surface area contributed by atoms with Crippen molar-refractivity contribution in [1.29, 1.82) is 0 Å². The predicted molar refractivity (Wildman–Crippen MR) is 129 cm³/mol. The zero-order chi connectivity index (χ0) is 24.1. The van der Waals surface area contributed by atoms with Crippen LogP contribution in [0.15, 0.2) is 35.3 Å². The number of carboxylic acids is 1. The molecule has 0 radical (unpaired) electrons. The molecule has 1 aliphatic heterocycles. The molecule has 0 saturated carbocycles. The van der Waals surface area contributed by atoms with Gasteiger partial charge in [0.15, 0.2) is 0 Å². The number of methoxy groups -OCH3 is 1. The Morgan fingerprint density at radius 3 is 2.85 bits per heavy atom. The number of nitrogens with zero attached hydrogens (tertiary/aromatic N) is 2. The molecule has 2 aromatic heterocycles. The Labute approximate surface area is 198 Å². The molecule has 0 amide bonds. The number of benzene rings is 1. The quantitative estimate of drug-likeness (QED) is 0.419. The largest absolute Gasteiger partial charge is 0.480 e. The molecule has 3 N–H and O–H groups in total. The number of rotatable bonds is 10. The Bertz CT molecular complexity index is 1200. The van der Waals surface area contributed by atoms with Crippen molar-refractivity contribution < 1.29 is 19.4 Å². The summed E-state index contributed by atoms with van der Waals surface area (Å²) in [6.07, 6.45) is 4.11. The van der Waals surface area contributed by atoms with Crippen molar-refractivity contribution in [3.63, 3.8) is 0 Å². The van der Waals surface area contributed by atoms with Crippen LogP contribution in [0.4, 0.5) is 0 Å². The highest BCUT2D eigenvalue weighted by atomic mass is 16.5. The molecule has 34 heavy (non-hydrogen) atoms. The Kier molecular flexibility index (Phi) is 7.77. The van der Waals surface area contributed by atoms with E-state index in [1.165, 1.54) is 0 Å². The summed E-state index contributed by atoms with van der Waals surface area (Å²) in [4.78, 5) is 31.2. The van der Waals surface area contributed by atoms with Gasteiger partial charge in [-0.25, -0.2) is 4.98 Å². The Hall–Kier alpha value is -3.01. The van der Waals surface area contributed by atoms with Gasteiger partial charge in [0.25, 0.3) is 5.56 Å². The average molecular weight is 469 g/mol. The first-order valence-corrected chi connectivity index (χ1v) is 11.7. The summed E-state index contributed by atoms with van der Waals surface area (Å²) in [6.45, 7) is 4.95. The highest BCUT2D eigenvalue weighted by molar-refractivity contribution is 5.81. The molecular weight excluding hydrogens is 436 g/mol. The van der Waals surface area contributed by atoms with Gasteiger partial charge in [0, 0.05) is 57.3 Å². The minimum atomic E-state index is -0.894. The minimum absolute atomic E-state index is 0.106. The molecule has 1 fully saturated rings. The zero-order valence-corrected chi connectivity index (χ0v) is 19.7. The predicted octanol–water partition coefficient (Wildman–Crippen LogP) is 2.71. The van der Waals surface area contributed by atoms with Gasteiger partial charge < -0.3 is 29.4 Å². The van der Waals surface area contributed by atoms with Gasteiger partial charge in [0.2, 0.25) is 0 Å². The SMILES string of the molecule is COCC[C@H](NCc1ccc2c(c1)nc(-c1c[nH]c(=O)c(C)c1)n2CC1CCOCC1)C(=O)O. The minimum Gasteiger partial charge on any atom is -0.480 e. The van der Waals surface area contributed by atoms with Crippen molar-refractivity contribution >= 4 is 17.0 Å². The molecule has 9 nitrogen and oxygen atoms in total. The fourth-order valence-electron chi connectivity index (χ4n) is 4.39. The molecule has 1 aliphatic rings. The first-order chi connectivity index (χ1) is 16.5. The summed E-state index contributed by atoms with van der Waals surface area (Å²) in [5.41, 5.74) is 4.22. The van der Waals surface area contributed by atoms with Crippen LogP contribution >= 0.6 is 0 Å². The molecule has 182 valence electrons. The lowest BCUT2D eigenvalue weighted by molar-refractivity contribution is -0.140. The van der Waals surface area contributed by atoms with Crippen LogP contribution in [-0.4, -0.2) is 58.6 Å². The van der Waals surface area contributed by atoms with Crippen molar-refractivity contribution in [1.82, 2.24) is 19.9 Å². The lowest BCUT2D eigenvalue weighted by Gasteiger charge is -2.23. The molecule has 0 bridgehead atoms. The van der Waals surface area contributed by atoms with E-state index in [4.69, 9.17) is 14.5 Å². The second-order valence-corrected chi connectivity index (χ2v) is 8.88.